The van der Waals surface area contributed by atoms with E-state index in [9.17, 15) is 18.0 Å². The number of carbonyl (C=O) groups is 2. The molecule has 2 atom stereocenters. The predicted molar refractivity (Wildman–Crippen MR) is 130 cm³/mol. The highest BCUT2D eigenvalue weighted by Gasteiger charge is 2.33. The number of hydrogen-bond donors (Lipinski definition) is 2. The molecule has 0 saturated carbocycles. The SMILES string of the molecule is Cc1cc(Cl)ccc1OCC(=O)Nc1sc2c(c1C(=O)NC1CCS(=O)(=O)C1)CCC(C)C2. The fraction of sp³-hybridized carbons (Fsp3) is 0.478. The first-order valence-corrected chi connectivity index (χ1v) is 14.0. The van der Waals surface area contributed by atoms with Crippen molar-refractivity contribution in [2.45, 2.75) is 45.6 Å². The monoisotopic (exact) mass is 510 g/mol. The van der Waals surface area contributed by atoms with Crippen LogP contribution in [-0.2, 0) is 27.5 Å². The Kier molecular flexibility index (Phi) is 7.02. The van der Waals surface area contributed by atoms with Gasteiger partial charge < -0.3 is 15.4 Å². The molecule has 7 nitrogen and oxygen atoms in total. The van der Waals surface area contributed by atoms with Crippen LogP contribution in [0, 0.1) is 12.8 Å². The third kappa shape index (κ3) is 5.70. The number of halogens is 1. The Morgan fingerprint density at radius 3 is 2.76 bits per heavy atom. The summed E-state index contributed by atoms with van der Waals surface area (Å²) in [5, 5.41) is 6.82. The quantitative estimate of drug-likeness (QED) is 0.616. The summed E-state index contributed by atoms with van der Waals surface area (Å²) < 4.78 is 29.2. The van der Waals surface area contributed by atoms with E-state index < -0.39 is 15.9 Å². The van der Waals surface area contributed by atoms with Crippen molar-refractivity contribution in [1.29, 1.82) is 0 Å². The number of ether oxygens (including phenoxy) is 1. The van der Waals surface area contributed by atoms with Gasteiger partial charge in [0, 0.05) is 15.9 Å². The summed E-state index contributed by atoms with van der Waals surface area (Å²) in [6.07, 6.45) is 2.99. The number of benzene rings is 1. The Labute approximate surface area is 202 Å². The molecular formula is C23H27ClN2O5S2. The molecule has 4 rings (SSSR count). The topological polar surface area (TPSA) is 102 Å². The highest BCUT2D eigenvalue weighted by molar-refractivity contribution is 7.91. The fourth-order valence-electron chi connectivity index (χ4n) is 4.33. The summed E-state index contributed by atoms with van der Waals surface area (Å²) in [4.78, 5) is 27.0. The lowest BCUT2D eigenvalue weighted by Crippen LogP contribution is -2.36. The second-order valence-electron chi connectivity index (χ2n) is 8.88. The van der Waals surface area contributed by atoms with Gasteiger partial charge in [-0.2, -0.15) is 0 Å². The molecule has 2 unspecified atom stereocenters. The van der Waals surface area contributed by atoms with Crippen molar-refractivity contribution in [1.82, 2.24) is 5.32 Å². The lowest BCUT2D eigenvalue weighted by molar-refractivity contribution is -0.118. The van der Waals surface area contributed by atoms with E-state index in [-0.39, 0.29) is 29.9 Å². The Morgan fingerprint density at radius 1 is 1.27 bits per heavy atom. The molecule has 1 aliphatic carbocycles. The predicted octanol–water partition coefficient (Wildman–Crippen LogP) is 3.77. The first-order chi connectivity index (χ1) is 15.6. The van der Waals surface area contributed by atoms with Crippen molar-refractivity contribution >= 4 is 49.6 Å². The second kappa shape index (κ2) is 9.64. The number of carbonyl (C=O) groups excluding carboxylic acids is 2. The van der Waals surface area contributed by atoms with Gasteiger partial charge in [0.2, 0.25) is 0 Å². The van der Waals surface area contributed by atoms with Gasteiger partial charge in [-0.25, -0.2) is 8.42 Å². The zero-order valence-electron chi connectivity index (χ0n) is 18.6. The number of hydrogen-bond acceptors (Lipinski definition) is 6. The van der Waals surface area contributed by atoms with Gasteiger partial charge in [-0.05, 0) is 67.9 Å². The lowest BCUT2D eigenvalue weighted by Gasteiger charge is -2.19. The molecule has 178 valence electrons. The van der Waals surface area contributed by atoms with Gasteiger partial charge in [-0.15, -0.1) is 11.3 Å². The largest absolute Gasteiger partial charge is 0.483 e. The van der Waals surface area contributed by atoms with E-state index in [1.54, 1.807) is 18.2 Å². The summed E-state index contributed by atoms with van der Waals surface area (Å²) in [7, 11) is -3.11. The van der Waals surface area contributed by atoms with E-state index in [1.165, 1.54) is 11.3 Å². The molecule has 2 amide bonds. The van der Waals surface area contributed by atoms with Crippen LogP contribution in [0.25, 0.3) is 0 Å². The van der Waals surface area contributed by atoms with E-state index in [0.717, 1.165) is 35.3 Å². The van der Waals surface area contributed by atoms with Crippen LogP contribution in [-0.4, -0.2) is 44.4 Å². The maximum Gasteiger partial charge on any atom is 0.262 e. The molecule has 1 aromatic carbocycles. The normalized spacial score (nSPS) is 21.3. The summed E-state index contributed by atoms with van der Waals surface area (Å²) in [6, 6.07) is 4.77. The average Bonchev–Trinajstić information content (AvgIpc) is 3.25. The molecule has 1 aliphatic heterocycles. The molecule has 1 saturated heterocycles. The maximum atomic E-state index is 13.2. The number of thiophene rings is 1. The molecule has 1 aromatic heterocycles. The van der Waals surface area contributed by atoms with Gasteiger partial charge in [-0.1, -0.05) is 18.5 Å². The fourth-order valence-corrected chi connectivity index (χ4v) is 7.65. The molecule has 0 bridgehead atoms. The summed E-state index contributed by atoms with van der Waals surface area (Å²) in [5.41, 5.74) is 2.24. The minimum atomic E-state index is -3.11. The number of fused-ring (bicyclic) bond motifs is 1. The van der Waals surface area contributed by atoms with Crippen LogP contribution in [0.15, 0.2) is 18.2 Å². The molecule has 0 radical (unpaired) electrons. The molecule has 2 N–H and O–H groups in total. The van der Waals surface area contributed by atoms with Gasteiger partial charge in [0.15, 0.2) is 16.4 Å². The number of aryl methyl sites for hydroxylation is 1. The van der Waals surface area contributed by atoms with Gasteiger partial charge in [-0.3, -0.25) is 9.59 Å². The van der Waals surface area contributed by atoms with E-state index in [4.69, 9.17) is 16.3 Å². The third-order valence-electron chi connectivity index (χ3n) is 6.06. The van der Waals surface area contributed by atoms with Crippen molar-refractivity contribution in [3.05, 3.63) is 44.8 Å². The van der Waals surface area contributed by atoms with Gasteiger partial charge in [0.1, 0.15) is 10.8 Å². The van der Waals surface area contributed by atoms with E-state index in [2.05, 4.69) is 17.6 Å². The molecule has 33 heavy (non-hydrogen) atoms. The smallest absolute Gasteiger partial charge is 0.262 e. The molecule has 2 aromatic rings. The minimum absolute atomic E-state index is 0.0436. The summed E-state index contributed by atoms with van der Waals surface area (Å²) in [6.45, 7) is 3.81. The maximum absolute atomic E-state index is 13.2. The molecule has 0 spiro atoms. The van der Waals surface area contributed by atoms with Crippen LogP contribution in [0.4, 0.5) is 5.00 Å². The van der Waals surface area contributed by atoms with Gasteiger partial charge >= 0.3 is 0 Å². The Hall–Kier alpha value is -2.10. The lowest BCUT2D eigenvalue weighted by atomic mass is 9.88. The number of nitrogens with one attached hydrogen (secondary N) is 2. The summed E-state index contributed by atoms with van der Waals surface area (Å²) in [5.74, 6) is 0.420. The molecule has 2 aliphatic rings. The van der Waals surface area contributed by atoms with Crippen molar-refractivity contribution in [2.24, 2.45) is 5.92 Å². The number of amides is 2. The highest BCUT2D eigenvalue weighted by Crippen LogP contribution is 2.40. The zero-order chi connectivity index (χ0) is 23.8. The Bertz CT molecular complexity index is 1190. The van der Waals surface area contributed by atoms with Crippen LogP contribution in [0.2, 0.25) is 5.02 Å². The van der Waals surface area contributed by atoms with Crippen molar-refractivity contribution in [3.8, 4) is 5.75 Å². The standard InChI is InChI=1S/C23H27ClN2O5S2/c1-13-3-5-17-19(9-13)32-23(21(17)22(28)25-16-7-8-33(29,30)12-16)26-20(27)11-31-18-6-4-15(24)10-14(18)2/h4,6,10,13,16H,3,5,7-9,11-12H2,1-2H3,(H,25,28)(H,26,27). The van der Waals surface area contributed by atoms with Crippen LogP contribution >= 0.6 is 22.9 Å². The average molecular weight is 511 g/mol. The second-order valence-corrected chi connectivity index (χ2v) is 12.6. The number of anilines is 1. The third-order valence-corrected chi connectivity index (χ3v) is 9.23. The van der Waals surface area contributed by atoms with Crippen molar-refractivity contribution in [3.63, 3.8) is 0 Å². The molecular weight excluding hydrogens is 484 g/mol. The van der Waals surface area contributed by atoms with Crippen molar-refractivity contribution < 1.29 is 22.7 Å². The van der Waals surface area contributed by atoms with Crippen LogP contribution in [0.1, 0.15) is 46.1 Å². The zero-order valence-corrected chi connectivity index (χ0v) is 21.0. The number of rotatable bonds is 6. The first kappa shape index (κ1) is 24.0. The van der Waals surface area contributed by atoms with Gasteiger partial charge in [0.05, 0.1) is 17.1 Å². The summed E-state index contributed by atoms with van der Waals surface area (Å²) >= 11 is 7.39. The molecule has 2 heterocycles. The minimum Gasteiger partial charge on any atom is -0.483 e. The number of sulfone groups is 1. The van der Waals surface area contributed by atoms with Gasteiger partial charge in [0.25, 0.3) is 11.8 Å². The van der Waals surface area contributed by atoms with E-state index >= 15 is 0 Å². The Balaban J connectivity index is 1.50. The van der Waals surface area contributed by atoms with Crippen molar-refractivity contribution in [2.75, 3.05) is 23.4 Å². The molecule has 1 fully saturated rings. The van der Waals surface area contributed by atoms with Crippen LogP contribution in [0.5, 0.6) is 5.75 Å². The first-order valence-electron chi connectivity index (χ1n) is 11.0. The van der Waals surface area contributed by atoms with Crippen LogP contribution in [0.3, 0.4) is 0 Å². The highest BCUT2D eigenvalue weighted by atomic mass is 35.5. The van der Waals surface area contributed by atoms with Crippen LogP contribution < -0.4 is 15.4 Å². The van der Waals surface area contributed by atoms with E-state index in [0.29, 0.717) is 33.7 Å². The Morgan fingerprint density at radius 2 is 2.06 bits per heavy atom. The molecule has 10 heteroatoms. The van der Waals surface area contributed by atoms with E-state index in [1.807, 2.05) is 6.92 Å².